The van der Waals surface area contributed by atoms with Crippen LogP contribution in [0.3, 0.4) is 0 Å². The standard InChI is InChI=1S/C15H18N2O/c1-12-10-14(8-9-16-12)17-15(2,11-18)13-6-4-3-5-7-13/h3-10,18H,11H2,1-2H3,(H,16,17). The molecule has 94 valence electrons. The molecule has 1 atom stereocenters. The number of aryl methyl sites for hydroxylation is 1. The number of nitrogens with one attached hydrogen (secondary N) is 1. The van der Waals surface area contributed by atoms with E-state index in [9.17, 15) is 5.11 Å². The zero-order valence-electron chi connectivity index (χ0n) is 10.7. The Balaban J connectivity index is 2.29. The summed E-state index contributed by atoms with van der Waals surface area (Å²) in [6.45, 7) is 3.96. The molecule has 18 heavy (non-hydrogen) atoms. The number of benzene rings is 1. The van der Waals surface area contributed by atoms with Crippen LogP contribution in [-0.2, 0) is 5.54 Å². The van der Waals surface area contributed by atoms with E-state index < -0.39 is 5.54 Å². The molecule has 1 unspecified atom stereocenters. The molecule has 2 N–H and O–H groups in total. The Labute approximate surface area is 108 Å². The van der Waals surface area contributed by atoms with Crippen molar-refractivity contribution in [2.45, 2.75) is 19.4 Å². The van der Waals surface area contributed by atoms with Gasteiger partial charge in [-0.05, 0) is 31.5 Å². The molecule has 2 aromatic rings. The molecule has 1 aromatic heterocycles. The van der Waals surface area contributed by atoms with Gasteiger partial charge < -0.3 is 10.4 Å². The number of nitrogens with zero attached hydrogens (tertiary/aromatic N) is 1. The van der Waals surface area contributed by atoms with Gasteiger partial charge in [0, 0.05) is 17.6 Å². The van der Waals surface area contributed by atoms with Gasteiger partial charge >= 0.3 is 0 Å². The smallest absolute Gasteiger partial charge is 0.0828 e. The highest BCUT2D eigenvalue weighted by molar-refractivity contribution is 5.47. The molecule has 0 fully saturated rings. The van der Waals surface area contributed by atoms with Crippen LogP contribution in [0.1, 0.15) is 18.2 Å². The third kappa shape index (κ3) is 2.68. The van der Waals surface area contributed by atoms with Crippen LogP contribution in [0.5, 0.6) is 0 Å². The summed E-state index contributed by atoms with van der Waals surface area (Å²) in [5, 5.41) is 13.1. The SMILES string of the molecule is Cc1cc(NC(C)(CO)c2ccccc2)ccn1. The molecule has 0 aliphatic rings. The molecule has 0 aliphatic carbocycles. The van der Waals surface area contributed by atoms with Crippen molar-refractivity contribution in [1.29, 1.82) is 0 Å². The van der Waals surface area contributed by atoms with Crippen molar-refractivity contribution in [3.05, 3.63) is 59.9 Å². The number of rotatable bonds is 4. The molecule has 2 rings (SSSR count). The lowest BCUT2D eigenvalue weighted by Crippen LogP contribution is -2.35. The van der Waals surface area contributed by atoms with Gasteiger partial charge in [0.2, 0.25) is 0 Å². The number of aromatic nitrogens is 1. The maximum atomic E-state index is 9.69. The van der Waals surface area contributed by atoms with Crippen LogP contribution in [0.15, 0.2) is 48.7 Å². The monoisotopic (exact) mass is 242 g/mol. The second-order valence-corrected chi connectivity index (χ2v) is 4.67. The van der Waals surface area contributed by atoms with Gasteiger partial charge in [-0.2, -0.15) is 0 Å². The molecule has 0 amide bonds. The zero-order valence-corrected chi connectivity index (χ0v) is 10.7. The summed E-state index contributed by atoms with van der Waals surface area (Å²) in [6.07, 6.45) is 1.76. The molecule has 0 bridgehead atoms. The lowest BCUT2D eigenvalue weighted by atomic mass is 9.92. The van der Waals surface area contributed by atoms with Crippen LogP contribution >= 0.6 is 0 Å². The fourth-order valence-corrected chi connectivity index (χ4v) is 1.95. The van der Waals surface area contributed by atoms with Crippen LogP contribution in [0.25, 0.3) is 0 Å². The number of aliphatic hydroxyl groups is 1. The second kappa shape index (κ2) is 5.19. The van der Waals surface area contributed by atoms with E-state index in [1.807, 2.05) is 56.3 Å². The van der Waals surface area contributed by atoms with Gasteiger partial charge in [-0.1, -0.05) is 30.3 Å². The Morgan fingerprint density at radius 2 is 1.94 bits per heavy atom. The van der Waals surface area contributed by atoms with E-state index in [-0.39, 0.29) is 6.61 Å². The molecule has 0 radical (unpaired) electrons. The quantitative estimate of drug-likeness (QED) is 0.866. The van der Waals surface area contributed by atoms with Gasteiger partial charge in [0.05, 0.1) is 12.1 Å². The molecule has 0 saturated carbocycles. The number of pyridine rings is 1. The number of hydrogen-bond donors (Lipinski definition) is 2. The lowest BCUT2D eigenvalue weighted by molar-refractivity contribution is 0.224. The highest BCUT2D eigenvalue weighted by Crippen LogP contribution is 2.25. The summed E-state index contributed by atoms with van der Waals surface area (Å²) in [6, 6.07) is 13.8. The first kappa shape index (κ1) is 12.6. The van der Waals surface area contributed by atoms with Crippen LogP contribution in [-0.4, -0.2) is 16.7 Å². The van der Waals surface area contributed by atoms with E-state index in [1.54, 1.807) is 6.20 Å². The Bertz CT molecular complexity index is 513. The predicted molar refractivity (Wildman–Crippen MR) is 73.5 cm³/mol. The summed E-state index contributed by atoms with van der Waals surface area (Å²) in [4.78, 5) is 4.17. The van der Waals surface area contributed by atoms with Gasteiger partial charge in [0.25, 0.3) is 0 Å². The maximum absolute atomic E-state index is 9.69. The normalized spacial score (nSPS) is 13.9. The average Bonchev–Trinajstić information content (AvgIpc) is 2.39. The van der Waals surface area contributed by atoms with Gasteiger partial charge in [-0.25, -0.2) is 0 Å². The minimum Gasteiger partial charge on any atom is -0.394 e. The molecule has 3 heteroatoms. The summed E-state index contributed by atoms with van der Waals surface area (Å²) in [5.74, 6) is 0. The van der Waals surface area contributed by atoms with E-state index in [0.29, 0.717) is 0 Å². The van der Waals surface area contributed by atoms with Gasteiger partial charge in [-0.3, -0.25) is 4.98 Å². The predicted octanol–water partition coefficient (Wildman–Crippen LogP) is 2.71. The summed E-state index contributed by atoms with van der Waals surface area (Å²) in [5.41, 5.74) is 2.48. The topological polar surface area (TPSA) is 45.1 Å². The van der Waals surface area contributed by atoms with E-state index in [4.69, 9.17) is 0 Å². The largest absolute Gasteiger partial charge is 0.394 e. The number of anilines is 1. The summed E-state index contributed by atoms with van der Waals surface area (Å²) >= 11 is 0. The third-order valence-electron chi connectivity index (χ3n) is 3.04. The first-order valence-electron chi connectivity index (χ1n) is 6.01. The summed E-state index contributed by atoms with van der Waals surface area (Å²) in [7, 11) is 0. The Morgan fingerprint density at radius 1 is 1.22 bits per heavy atom. The van der Waals surface area contributed by atoms with Crippen LogP contribution in [0.4, 0.5) is 5.69 Å². The highest BCUT2D eigenvalue weighted by Gasteiger charge is 2.25. The third-order valence-corrected chi connectivity index (χ3v) is 3.04. The van der Waals surface area contributed by atoms with E-state index >= 15 is 0 Å². The Morgan fingerprint density at radius 3 is 2.56 bits per heavy atom. The fraction of sp³-hybridized carbons (Fsp3) is 0.267. The molecule has 0 saturated heterocycles. The van der Waals surface area contributed by atoms with Crippen molar-refractivity contribution in [3.8, 4) is 0 Å². The first-order chi connectivity index (χ1) is 8.64. The highest BCUT2D eigenvalue weighted by atomic mass is 16.3. The van der Waals surface area contributed by atoms with E-state index in [1.165, 1.54) is 0 Å². The van der Waals surface area contributed by atoms with Crippen LogP contribution in [0.2, 0.25) is 0 Å². The van der Waals surface area contributed by atoms with Gasteiger partial charge in [-0.15, -0.1) is 0 Å². The van der Waals surface area contributed by atoms with E-state index in [2.05, 4.69) is 10.3 Å². The molecule has 1 heterocycles. The van der Waals surface area contributed by atoms with Gasteiger partial charge in [0.15, 0.2) is 0 Å². The summed E-state index contributed by atoms with van der Waals surface area (Å²) < 4.78 is 0. The van der Waals surface area contributed by atoms with Crippen LogP contribution < -0.4 is 5.32 Å². The minimum absolute atomic E-state index is 0.0262. The molecule has 0 aliphatic heterocycles. The van der Waals surface area contributed by atoms with Crippen molar-refractivity contribution >= 4 is 5.69 Å². The Kier molecular flexibility index (Phi) is 3.63. The van der Waals surface area contributed by atoms with Crippen molar-refractivity contribution in [1.82, 2.24) is 4.98 Å². The minimum atomic E-state index is -0.491. The lowest BCUT2D eigenvalue weighted by Gasteiger charge is -2.30. The average molecular weight is 242 g/mol. The molecule has 0 spiro atoms. The van der Waals surface area contributed by atoms with Crippen molar-refractivity contribution < 1.29 is 5.11 Å². The molecular formula is C15H18N2O. The fourth-order valence-electron chi connectivity index (χ4n) is 1.95. The van der Waals surface area contributed by atoms with Crippen molar-refractivity contribution in [2.75, 3.05) is 11.9 Å². The van der Waals surface area contributed by atoms with Crippen LogP contribution in [0, 0.1) is 6.92 Å². The first-order valence-corrected chi connectivity index (χ1v) is 6.01. The Hall–Kier alpha value is -1.87. The van der Waals surface area contributed by atoms with Crippen molar-refractivity contribution in [2.24, 2.45) is 0 Å². The second-order valence-electron chi connectivity index (χ2n) is 4.67. The molecule has 1 aromatic carbocycles. The zero-order chi connectivity index (χ0) is 13.0. The molecule has 3 nitrogen and oxygen atoms in total. The molecular weight excluding hydrogens is 224 g/mol. The van der Waals surface area contributed by atoms with Crippen molar-refractivity contribution in [3.63, 3.8) is 0 Å². The number of hydrogen-bond acceptors (Lipinski definition) is 3. The number of aliphatic hydroxyl groups excluding tert-OH is 1. The van der Waals surface area contributed by atoms with Gasteiger partial charge in [0.1, 0.15) is 0 Å². The van der Waals surface area contributed by atoms with E-state index in [0.717, 1.165) is 16.9 Å². The maximum Gasteiger partial charge on any atom is 0.0828 e.